The van der Waals surface area contributed by atoms with Gasteiger partial charge in [-0.3, -0.25) is 0 Å². The van der Waals surface area contributed by atoms with E-state index in [9.17, 15) is 0 Å². The van der Waals surface area contributed by atoms with Gasteiger partial charge in [0.1, 0.15) is 33.5 Å². The third kappa shape index (κ3) is 12.4. The fraction of sp³-hybridized carbons (Fsp3) is 0. The van der Waals surface area contributed by atoms with Gasteiger partial charge in [0, 0.05) is 144 Å². The Labute approximate surface area is 841 Å². The van der Waals surface area contributed by atoms with Crippen molar-refractivity contribution >= 4 is 279 Å². The van der Waals surface area contributed by atoms with Gasteiger partial charge in [0.15, 0.2) is 0 Å². The van der Waals surface area contributed by atoms with E-state index in [4.69, 9.17) is 13.3 Å². The van der Waals surface area contributed by atoms with Gasteiger partial charge in [-0.15, -0.1) is 0 Å². The topological polar surface area (TPSA) is 63.9 Å². The molecule has 9 nitrogen and oxygen atoms in total. The minimum atomic E-state index is 0.921. The fourth-order valence-corrected chi connectivity index (χ4v) is 24.8. The Hall–Kier alpha value is -19.7. The second kappa shape index (κ2) is 32.4. The predicted molar refractivity (Wildman–Crippen MR) is 619 cm³/mol. The standard InChI is InChI=1S/3C46H28N2O/c1-3-13-31(14-4-1)47(32-15-5-2-6-16-32)33-21-23-34(24-22-33)48-39-19-9-17-35-37-27-29-11-7-8-12-30(29)28-38(37)36-18-10-20-41-44(36)46-42(49-41)26-25-40(48)45(46)43(35)39;1-3-13-30(14-4-1)47(31-15-5-2-6-16-31)32-22-24-33(25-23-32)48-39-26-27-41-45-42-37(20-11-21-40(42)49-41)35-18-9-10-19-36(35)38-28-29-12-7-8-17-34(29)46(48)43(38)44(39)45;1-3-13-30(14-4-1)47(31-15-5-2-6-16-31)32-22-24-33(25-23-32)48-39-21-11-20-37-35-18-9-10-19-36(35)38-28-29-12-7-8-17-34(29)46-43(38)45-41(49-46)27-26-40(48)44(45)42(37)39/h3*1-28H. The second-order valence-corrected chi connectivity index (χ2v) is 38.7. The Morgan fingerprint density at radius 2 is 0.395 bits per heavy atom. The van der Waals surface area contributed by atoms with E-state index < -0.39 is 0 Å². The first-order chi connectivity index (χ1) is 73.0. The third-order valence-corrected chi connectivity index (χ3v) is 30.8. The molecule has 27 aromatic carbocycles. The van der Waals surface area contributed by atoms with Gasteiger partial charge in [-0.2, -0.15) is 0 Å². The highest BCUT2D eigenvalue weighted by atomic mass is 16.3. The van der Waals surface area contributed by atoms with E-state index in [1.165, 1.54) is 189 Å². The minimum Gasteiger partial charge on any atom is -0.456 e. The van der Waals surface area contributed by atoms with Crippen LogP contribution in [0.5, 0.6) is 0 Å². The summed E-state index contributed by atoms with van der Waals surface area (Å²) in [7, 11) is 0. The quantitative estimate of drug-likeness (QED) is 0.121. The van der Waals surface area contributed by atoms with Crippen LogP contribution in [0.4, 0.5) is 51.2 Å². The van der Waals surface area contributed by atoms with Crippen molar-refractivity contribution in [2.24, 2.45) is 0 Å². The lowest BCUT2D eigenvalue weighted by Gasteiger charge is -2.25. The van der Waals surface area contributed by atoms with Crippen LogP contribution >= 0.6 is 0 Å². The minimum absolute atomic E-state index is 0.921. The Morgan fingerprint density at radius 1 is 0.136 bits per heavy atom. The molecule has 9 heteroatoms. The van der Waals surface area contributed by atoms with Gasteiger partial charge in [0.25, 0.3) is 0 Å². The zero-order valence-electron chi connectivity index (χ0n) is 79.4. The molecule has 0 spiro atoms. The van der Waals surface area contributed by atoms with Gasteiger partial charge in [-0.05, 0) is 317 Å². The third-order valence-electron chi connectivity index (χ3n) is 30.8. The maximum atomic E-state index is 6.83. The number of benzene rings is 24. The molecule has 33 aromatic rings. The number of para-hydroxylation sites is 6. The van der Waals surface area contributed by atoms with Crippen LogP contribution in [-0.4, -0.2) is 13.7 Å². The number of aromatic nitrogens is 3. The summed E-state index contributed by atoms with van der Waals surface area (Å²) in [6.07, 6.45) is 0. The van der Waals surface area contributed by atoms with Crippen molar-refractivity contribution < 1.29 is 13.3 Å². The molecule has 0 aliphatic rings. The van der Waals surface area contributed by atoms with Crippen LogP contribution in [0.2, 0.25) is 0 Å². The van der Waals surface area contributed by atoms with Gasteiger partial charge >= 0.3 is 0 Å². The summed E-state index contributed by atoms with van der Waals surface area (Å²) in [5.74, 6) is 0. The molecule has 0 aliphatic heterocycles. The van der Waals surface area contributed by atoms with Gasteiger partial charge in [-0.1, -0.05) is 279 Å². The van der Waals surface area contributed by atoms with Crippen LogP contribution in [0, 0.1) is 0 Å². The van der Waals surface area contributed by atoms with E-state index in [0.29, 0.717) is 0 Å². The van der Waals surface area contributed by atoms with Gasteiger partial charge in [-0.25, -0.2) is 0 Å². The monoisotopic (exact) mass is 1870 g/mol. The normalized spacial score (nSPS) is 12.1. The van der Waals surface area contributed by atoms with Crippen molar-refractivity contribution in [3.63, 3.8) is 0 Å². The Bertz CT molecular complexity index is 10800. The first-order valence-corrected chi connectivity index (χ1v) is 50.3. The molecule has 0 fully saturated rings. The Balaban J connectivity index is 0.0000000999. The first kappa shape index (κ1) is 82.0. The molecule has 684 valence electrons. The summed E-state index contributed by atoms with van der Waals surface area (Å²) >= 11 is 0. The molecule has 6 heterocycles. The lowest BCUT2D eigenvalue weighted by atomic mass is 9.93. The summed E-state index contributed by atoms with van der Waals surface area (Å²) in [5, 5.41) is 36.7. The molecule has 0 amide bonds. The SMILES string of the molecule is c1ccc(N(c2ccccc2)c2ccc(-n3c4ccc5oc6cccc7c8ccccc8c8cc9ccccc9c3c8c4c5c67)cc2)cc1.c1ccc(N(c2ccccc2)c2ccc(-n3c4cccc5c6cc7ccccc7cc6c6cccc7oc8ccc3c(c8c76)c54)cc2)cc1.c1ccc(N(c2ccccc2)c2ccc(-n3c4cccc5c6ccccc6c6cc7ccccc7c7oc8ccc3c(c8c67)c54)cc2)cc1. The Morgan fingerprint density at radius 3 is 0.803 bits per heavy atom. The lowest BCUT2D eigenvalue weighted by molar-refractivity contribution is 0.669. The molecule has 0 saturated carbocycles. The zero-order chi connectivity index (χ0) is 96.2. The number of furan rings is 3. The van der Waals surface area contributed by atoms with Crippen LogP contribution in [0.25, 0.3) is 245 Å². The molecule has 0 radical (unpaired) electrons. The van der Waals surface area contributed by atoms with E-state index in [0.717, 1.165) is 107 Å². The molecule has 33 rings (SSSR count). The van der Waals surface area contributed by atoms with Crippen molar-refractivity contribution in [2.75, 3.05) is 14.7 Å². The van der Waals surface area contributed by atoms with E-state index in [2.05, 4.69) is 538 Å². The van der Waals surface area contributed by atoms with Gasteiger partial charge in [0.05, 0.1) is 33.1 Å². The number of hydrogen-bond acceptors (Lipinski definition) is 6. The number of rotatable bonds is 12. The molecule has 0 saturated heterocycles. The van der Waals surface area contributed by atoms with Crippen LogP contribution < -0.4 is 14.7 Å². The number of fused-ring (bicyclic) bond motifs is 14. The first-order valence-electron chi connectivity index (χ1n) is 50.3. The van der Waals surface area contributed by atoms with Crippen molar-refractivity contribution in [3.05, 3.63) is 510 Å². The second-order valence-electron chi connectivity index (χ2n) is 38.7. The molecule has 0 aliphatic carbocycles. The zero-order valence-corrected chi connectivity index (χ0v) is 79.4. The van der Waals surface area contributed by atoms with Crippen LogP contribution in [0.3, 0.4) is 0 Å². The van der Waals surface area contributed by atoms with E-state index in [-0.39, 0.29) is 0 Å². The van der Waals surface area contributed by atoms with Gasteiger partial charge in [0.2, 0.25) is 0 Å². The molecular formula is C138H84N6O3. The number of hydrogen-bond donors (Lipinski definition) is 0. The highest BCUT2D eigenvalue weighted by molar-refractivity contribution is 6.44. The summed E-state index contributed by atoms with van der Waals surface area (Å²) in [4.78, 5) is 6.92. The number of anilines is 9. The van der Waals surface area contributed by atoms with E-state index in [1.54, 1.807) is 0 Å². The lowest BCUT2D eigenvalue weighted by Crippen LogP contribution is -2.09. The van der Waals surface area contributed by atoms with Crippen molar-refractivity contribution in [1.82, 2.24) is 13.7 Å². The number of nitrogens with zero attached hydrogens (tertiary/aromatic N) is 6. The highest BCUT2D eigenvalue weighted by Gasteiger charge is 2.31. The van der Waals surface area contributed by atoms with Crippen molar-refractivity contribution in [1.29, 1.82) is 0 Å². The summed E-state index contributed by atoms with van der Waals surface area (Å²) in [5.41, 5.74) is 26.1. The molecule has 0 N–H and O–H groups in total. The largest absolute Gasteiger partial charge is 0.456 e. The van der Waals surface area contributed by atoms with Crippen molar-refractivity contribution in [2.45, 2.75) is 0 Å². The van der Waals surface area contributed by atoms with E-state index >= 15 is 0 Å². The van der Waals surface area contributed by atoms with Crippen LogP contribution in [-0.2, 0) is 0 Å². The van der Waals surface area contributed by atoms with Gasteiger partial charge < -0.3 is 41.7 Å². The molecule has 6 aromatic heterocycles. The summed E-state index contributed by atoms with van der Waals surface area (Å²) in [6, 6.07) is 183. The van der Waals surface area contributed by atoms with Crippen LogP contribution in [0.1, 0.15) is 0 Å². The van der Waals surface area contributed by atoms with Crippen molar-refractivity contribution in [3.8, 4) is 17.1 Å². The molecular weight excluding hydrogens is 1790 g/mol. The van der Waals surface area contributed by atoms with E-state index in [1.807, 2.05) is 0 Å². The molecule has 0 bridgehead atoms. The smallest absolute Gasteiger partial charge is 0.143 e. The molecule has 147 heavy (non-hydrogen) atoms. The summed E-state index contributed by atoms with van der Waals surface area (Å²) < 4.78 is 27.4. The predicted octanol–water partition coefficient (Wildman–Crippen LogP) is 39.2. The maximum absolute atomic E-state index is 6.83. The fourth-order valence-electron chi connectivity index (χ4n) is 24.8. The average Bonchev–Trinajstić information content (AvgIpc) is 1.53. The summed E-state index contributed by atoms with van der Waals surface area (Å²) in [6.45, 7) is 0. The van der Waals surface area contributed by atoms with Crippen LogP contribution in [0.15, 0.2) is 523 Å². The highest BCUT2D eigenvalue weighted by Crippen LogP contribution is 2.55. The average molecular weight is 1870 g/mol. The molecule has 0 atom stereocenters. The Kier molecular flexibility index (Phi) is 18.1. The maximum Gasteiger partial charge on any atom is 0.143 e. The molecule has 0 unspecified atom stereocenters.